The number of aromatic nitrogens is 1. The van der Waals surface area contributed by atoms with Crippen LogP contribution in [0.1, 0.15) is 28.1 Å². The third kappa shape index (κ3) is 3.37. The quantitative estimate of drug-likeness (QED) is 0.640. The highest BCUT2D eigenvalue weighted by Crippen LogP contribution is 2.33. The van der Waals surface area contributed by atoms with Crippen molar-refractivity contribution < 1.29 is 13.6 Å². The second kappa shape index (κ2) is 6.96. The van der Waals surface area contributed by atoms with Gasteiger partial charge in [-0.05, 0) is 31.0 Å². The maximum atomic E-state index is 14.0. The summed E-state index contributed by atoms with van der Waals surface area (Å²) in [6, 6.07) is 13.0. The maximum absolute atomic E-state index is 14.0. The van der Waals surface area contributed by atoms with Gasteiger partial charge in [-0.3, -0.25) is 4.79 Å². The van der Waals surface area contributed by atoms with Gasteiger partial charge in [0.15, 0.2) is 0 Å². The van der Waals surface area contributed by atoms with Crippen LogP contribution in [-0.2, 0) is 6.54 Å². The first kappa shape index (κ1) is 16.8. The number of carbonyl (C=O) groups is 1. The molecular formula is C20H16F2N2OS. The topological polar surface area (TPSA) is 33.2 Å². The first-order chi connectivity index (χ1) is 12.6. The summed E-state index contributed by atoms with van der Waals surface area (Å²) in [7, 11) is 0. The molecule has 1 amide bonds. The van der Waals surface area contributed by atoms with E-state index in [-0.39, 0.29) is 30.1 Å². The van der Waals surface area contributed by atoms with E-state index in [1.807, 2.05) is 0 Å². The molecule has 3 aromatic rings. The molecule has 0 saturated heterocycles. The number of amides is 1. The van der Waals surface area contributed by atoms with Gasteiger partial charge in [0.05, 0.1) is 6.20 Å². The van der Waals surface area contributed by atoms with Crippen molar-refractivity contribution >= 4 is 17.2 Å². The summed E-state index contributed by atoms with van der Waals surface area (Å²) < 4.78 is 27.9. The van der Waals surface area contributed by atoms with Crippen LogP contribution in [0.2, 0.25) is 0 Å². The van der Waals surface area contributed by atoms with Crippen LogP contribution in [0, 0.1) is 11.6 Å². The number of hydrogen-bond donors (Lipinski definition) is 0. The molecule has 0 bridgehead atoms. The molecule has 1 aromatic heterocycles. The third-order valence-corrected chi connectivity index (χ3v) is 5.39. The standard InChI is InChI=1S/C20H16F2N2OS/c21-16-7-3-1-5-13(16)12-24(14-9-10-14)20(25)18-11-23-19(26-18)15-6-2-4-8-17(15)22/h1-8,11,14H,9-10,12H2. The largest absolute Gasteiger partial charge is 0.330 e. The van der Waals surface area contributed by atoms with E-state index in [9.17, 15) is 13.6 Å². The number of thiazole rings is 1. The van der Waals surface area contributed by atoms with Gasteiger partial charge in [-0.25, -0.2) is 13.8 Å². The van der Waals surface area contributed by atoms with Crippen molar-refractivity contribution in [2.24, 2.45) is 0 Å². The highest BCUT2D eigenvalue weighted by molar-refractivity contribution is 7.16. The molecule has 26 heavy (non-hydrogen) atoms. The fourth-order valence-corrected chi connectivity index (χ4v) is 3.74. The molecule has 3 nitrogen and oxygen atoms in total. The number of carbonyl (C=O) groups excluding carboxylic acids is 1. The molecule has 0 radical (unpaired) electrons. The highest BCUT2D eigenvalue weighted by atomic mass is 32.1. The number of benzene rings is 2. The molecular weight excluding hydrogens is 354 g/mol. The molecule has 0 N–H and O–H groups in total. The van der Waals surface area contributed by atoms with E-state index in [1.54, 1.807) is 41.3 Å². The van der Waals surface area contributed by atoms with E-state index in [2.05, 4.69) is 4.98 Å². The van der Waals surface area contributed by atoms with Gasteiger partial charge in [0, 0.05) is 23.7 Å². The Morgan fingerprint density at radius 2 is 1.77 bits per heavy atom. The normalized spacial score (nSPS) is 13.6. The van der Waals surface area contributed by atoms with Crippen LogP contribution in [0.25, 0.3) is 10.6 Å². The minimum absolute atomic E-state index is 0.126. The molecule has 0 spiro atoms. The van der Waals surface area contributed by atoms with Crippen LogP contribution in [0.3, 0.4) is 0 Å². The molecule has 1 fully saturated rings. The average Bonchev–Trinajstić information content (AvgIpc) is 3.37. The Labute approximate surface area is 153 Å². The van der Waals surface area contributed by atoms with Gasteiger partial charge >= 0.3 is 0 Å². The summed E-state index contributed by atoms with van der Waals surface area (Å²) in [6.45, 7) is 0.225. The number of halogens is 2. The van der Waals surface area contributed by atoms with Gasteiger partial charge < -0.3 is 4.90 Å². The van der Waals surface area contributed by atoms with E-state index >= 15 is 0 Å². The van der Waals surface area contributed by atoms with E-state index < -0.39 is 0 Å². The van der Waals surface area contributed by atoms with Gasteiger partial charge in [-0.15, -0.1) is 11.3 Å². The minimum atomic E-state index is -0.369. The van der Waals surface area contributed by atoms with Gasteiger partial charge in [0.25, 0.3) is 5.91 Å². The van der Waals surface area contributed by atoms with E-state index in [0.717, 1.165) is 24.2 Å². The minimum Gasteiger partial charge on any atom is -0.330 e. The van der Waals surface area contributed by atoms with Crippen LogP contribution in [0.5, 0.6) is 0 Å². The van der Waals surface area contributed by atoms with Crippen LogP contribution in [-0.4, -0.2) is 21.8 Å². The predicted molar refractivity (Wildman–Crippen MR) is 96.8 cm³/mol. The Morgan fingerprint density at radius 1 is 1.08 bits per heavy atom. The Kier molecular flexibility index (Phi) is 4.51. The zero-order chi connectivity index (χ0) is 18.1. The van der Waals surface area contributed by atoms with Crippen molar-refractivity contribution in [3.63, 3.8) is 0 Å². The third-order valence-electron chi connectivity index (χ3n) is 4.37. The second-order valence-corrected chi connectivity index (χ2v) is 7.30. The fourth-order valence-electron chi connectivity index (χ4n) is 2.84. The monoisotopic (exact) mass is 370 g/mol. The number of nitrogens with zero attached hydrogens (tertiary/aromatic N) is 2. The first-order valence-electron chi connectivity index (χ1n) is 8.38. The van der Waals surface area contributed by atoms with Gasteiger partial charge in [0.1, 0.15) is 21.5 Å². The molecule has 1 saturated carbocycles. The highest BCUT2D eigenvalue weighted by Gasteiger charge is 2.34. The Balaban J connectivity index is 1.59. The predicted octanol–water partition coefficient (Wildman–Crippen LogP) is 4.89. The molecule has 132 valence electrons. The van der Waals surface area contributed by atoms with E-state index in [0.29, 0.717) is 21.0 Å². The number of rotatable bonds is 5. The fraction of sp³-hybridized carbons (Fsp3) is 0.200. The number of hydrogen-bond acceptors (Lipinski definition) is 3. The van der Waals surface area contributed by atoms with Crippen LogP contribution in [0.4, 0.5) is 8.78 Å². The van der Waals surface area contributed by atoms with Crippen LogP contribution >= 0.6 is 11.3 Å². The van der Waals surface area contributed by atoms with Gasteiger partial charge in [-0.2, -0.15) is 0 Å². The molecule has 1 aliphatic rings. The van der Waals surface area contributed by atoms with Crippen molar-refractivity contribution in [1.82, 2.24) is 9.88 Å². The lowest BCUT2D eigenvalue weighted by molar-refractivity contribution is 0.0733. The van der Waals surface area contributed by atoms with Crippen molar-refractivity contribution in [2.75, 3.05) is 0 Å². The summed E-state index contributed by atoms with van der Waals surface area (Å²) in [5.74, 6) is -0.871. The van der Waals surface area contributed by atoms with Crippen LogP contribution < -0.4 is 0 Å². The molecule has 1 aliphatic carbocycles. The Hall–Kier alpha value is -2.60. The second-order valence-electron chi connectivity index (χ2n) is 6.27. The van der Waals surface area contributed by atoms with Crippen molar-refractivity contribution in [3.8, 4) is 10.6 Å². The van der Waals surface area contributed by atoms with Crippen molar-refractivity contribution in [1.29, 1.82) is 0 Å². The molecule has 0 atom stereocenters. The lowest BCUT2D eigenvalue weighted by Crippen LogP contribution is -2.32. The molecule has 0 unspecified atom stereocenters. The SMILES string of the molecule is O=C(c1cnc(-c2ccccc2F)s1)N(Cc1ccccc1F)C1CC1. The molecule has 4 rings (SSSR count). The lowest BCUT2D eigenvalue weighted by atomic mass is 10.2. The molecule has 1 heterocycles. The average molecular weight is 370 g/mol. The summed E-state index contributed by atoms with van der Waals surface area (Å²) in [6.07, 6.45) is 3.31. The summed E-state index contributed by atoms with van der Waals surface area (Å²) in [5, 5.41) is 0.466. The van der Waals surface area contributed by atoms with Crippen LogP contribution in [0.15, 0.2) is 54.7 Å². The summed E-state index contributed by atoms with van der Waals surface area (Å²) in [5.41, 5.74) is 0.871. The Morgan fingerprint density at radius 3 is 2.46 bits per heavy atom. The van der Waals surface area contributed by atoms with E-state index in [4.69, 9.17) is 0 Å². The van der Waals surface area contributed by atoms with Crippen molar-refractivity contribution in [3.05, 3.63) is 76.8 Å². The van der Waals surface area contributed by atoms with Gasteiger partial charge in [0.2, 0.25) is 0 Å². The maximum Gasteiger partial charge on any atom is 0.266 e. The zero-order valence-electron chi connectivity index (χ0n) is 13.9. The lowest BCUT2D eigenvalue weighted by Gasteiger charge is -2.22. The molecule has 6 heteroatoms. The summed E-state index contributed by atoms with van der Waals surface area (Å²) in [4.78, 5) is 19.3. The first-order valence-corrected chi connectivity index (χ1v) is 9.20. The molecule has 0 aliphatic heterocycles. The Bertz CT molecular complexity index is 952. The van der Waals surface area contributed by atoms with E-state index in [1.165, 1.54) is 18.3 Å². The smallest absolute Gasteiger partial charge is 0.266 e. The van der Waals surface area contributed by atoms with Crippen molar-refractivity contribution in [2.45, 2.75) is 25.4 Å². The summed E-state index contributed by atoms with van der Waals surface area (Å²) >= 11 is 1.16. The van der Waals surface area contributed by atoms with Gasteiger partial charge in [-0.1, -0.05) is 30.3 Å². The molecule has 2 aromatic carbocycles. The zero-order valence-corrected chi connectivity index (χ0v) is 14.7.